The molecule has 33 heavy (non-hydrogen) atoms. The topological polar surface area (TPSA) is 35.6 Å². The Bertz CT molecular complexity index is 902. The molecule has 2 aromatic carbocycles. The number of carbonyl (C=O) groups excluding carboxylic acids is 1. The molecule has 0 radical (unpaired) electrons. The Morgan fingerprint density at radius 1 is 1.00 bits per heavy atom. The van der Waals surface area contributed by atoms with E-state index in [1.807, 2.05) is 0 Å². The first kappa shape index (κ1) is 23.8. The summed E-state index contributed by atoms with van der Waals surface area (Å²) in [6.07, 6.45) is 3.29. The summed E-state index contributed by atoms with van der Waals surface area (Å²) in [4.78, 5) is 18.4. The van der Waals surface area contributed by atoms with E-state index < -0.39 is 12.3 Å². The van der Waals surface area contributed by atoms with E-state index >= 15 is 0 Å². The molecule has 0 bridgehead atoms. The van der Waals surface area contributed by atoms with Crippen molar-refractivity contribution in [2.75, 3.05) is 49.1 Å². The van der Waals surface area contributed by atoms with E-state index in [-0.39, 0.29) is 5.92 Å². The van der Waals surface area contributed by atoms with Crippen LogP contribution in [0.1, 0.15) is 24.8 Å². The molecule has 1 atom stereocenters. The van der Waals surface area contributed by atoms with Crippen LogP contribution in [0.5, 0.6) is 0 Å². The van der Waals surface area contributed by atoms with E-state index in [2.05, 4.69) is 89.8 Å². The van der Waals surface area contributed by atoms with E-state index in [0.29, 0.717) is 11.8 Å². The second kappa shape index (κ2) is 11.7. The van der Waals surface area contributed by atoms with Crippen LogP contribution in [-0.2, 0) is 11.3 Å². The van der Waals surface area contributed by atoms with Crippen molar-refractivity contribution in [3.63, 3.8) is 0 Å². The summed E-state index contributed by atoms with van der Waals surface area (Å²) in [5.41, 5.74) is 2.44. The quantitative estimate of drug-likeness (QED) is 0.539. The molecule has 4 nitrogen and oxygen atoms in total. The van der Waals surface area contributed by atoms with E-state index in [1.54, 1.807) is 0 Å². The number of piperidine rings is 1. The number of carbonyl (C=O) groups is 1. The molecule has 7 heteroatoms. The molecule has 3 aliphatic rings. The number of nitrogens with one attached hydrogen (secondary N) is 1. The average molecular weight is 544 g/mol. The maximum atomic E-state index is 13.8. The first-order valence-corrected chi connectivity index (χ1v) is 19.6. The number of rotatable bonds is 7. The zero-order valence-corrected chi connectivity index (χ0v) is 22.7. The average Bonchev–Trinajstić information content (AvgIpc) is 3.57. The Balaban J connectivity index is 1.29. The molecule has 0 spiro atoms. The number of nitrogens with zero attached hydrogens (tertiary/aromatic N) is 2. The molecule has 3 heterocycles. The van der Waals surface area contributed by atoms with E-state index in [1.165, 1.54) is 21.4 Å². The van der Waals surface area contributed by atoms with Gasteiger partial charge in [0.05, 0.1) is 0 Å². The molecule has 5 rings (SSSR count). The third-order valence-electron chi connectivity index (χ3n) is 6.91. The van der Waals surface area contributed by atoms with Crippen molar-refractivity contribution in [3.05, 3.63) is 60.2 Å². The van der Waals surface area contributed by atoms with Gasteiger partial charge in [-0.25, -0.2) is 0 Å². The molecule has 0 unspecified atom stereocenters. The van der Waals surface area contributed by atoms with E-state index in [4.69, 9.17) is 0 Å². The van der Waals surface area contributed by atoms with Gasteiger partial charge in [-0.15, -0.1) is 0 Å². The Labute approximate surface area is 209 Å². The van der Waals surface area contributed by atoms with Crippen molar-refractivity contribution in [1.29, 1.82) is 0 Å². The van der Waals surface area contributed by atoms with E-state index in [9.17, 15) is 4.79 Å². The Morgan fingerprint density at radius 3 is 2.45 bits per heavy atom. The van der Waals surface area contributed by atoms with Crippen LogP contribution in [0, 0.1) is 11.8 Å². The first-order chi connectivity index (χ1) is 16.3. The summed E-state index contributed by atoms with van der Waals surface area (Å²) >= 11 is -0.975. The standard InChI is InChI=1S/C26H34AsN3OS2/c31-26(23-12-15-29(20-23)18-21-4-2-1-3-5-21)30(19-22-10-13-28-14-11-22)25-8-6-24(7-9-25)27-32-16-17-33-27/h1-9,22-23,28H,10-20H2/t23-/m1/s1. The van der Waals surface area contributed by atoms with Crippen LogP contribution < -0.4 is 14.6 Å². The number of anilines is 1. The summed E-state index contributed by atoms with van der Waals surface area (Å²) in [7, 11) is 4.36. The number of likely N-dealkylation sites (tertiary alicyclic amines) is 1. The maximum absolute atomic E-state index is 13.8. The molecule has 1 N–H and O–H groups in total. The monoisotopic (exact) mass is 543 g/mol. The molecule has 1 amide bonds. The molecule has 2 aromatic rings. The van der Waals surface area contributed by atoms with Crippen molar-refractivity contribution in [2.45, 2.75) is 25.8 Å². The minimum absolute atomic E-state index is 0.103. The van der Waals surface area contributed by atoms with Crippen LogP contribution in [0.15, 0.2) is 54.6 Å². The molecular weight excluding hydrogens is 509 g/mol. The summed E-state index contributed by atoms with van der Waals surface area (Å²) in [6.45, 7) is 5.82. The summed E-state index contributed by atoms with van der Waals surface area (Å²) in [5, 5.41) is 3.47. The van der Waals surface area contributed by atoms with Crippen LogP contribution in [0.25, 0.3) is 0 Å². The van der Waals surface area contributed by atoms with Crippen LogP contribution >= 0.6 is 20.0 Å². The fourth-order valence-electron chi connectivity index (χ4n) is 5.07. The van der Waals surface area contributed by atoms with Crippen molar-refractivity contribution >= 4 is 48.3 Å². The van der Waals surface area contributed by atoms with Crippen LogP contribution in [-0.4, -0.2) is 67.4 Å². The van der Waals surface area contributed by atoms with Gasteiger partial charge in [0.25, 0.3) is 0 Å². The summed E-state index contributed by atoms with van der Waals surface area (Å²) in [6, 6.07) is 19.7. The predicted octanol–water partition coefficient (Wildman–Crippen LogP) is 3.72. The fraction of sp³-hybridized carbons (Fsp3) is 0.500. The molecule has 0 aliphatic carbocycles. The van der Waals surface area contributed by atoms with Gasteiger partial charge in [-0.2, -0.15) is 0 Å². The number of hydrogen-bond donors (Lipinski definition) is 1. The van der Waals surface area contributed by atoms with Crippen LogP contribution in [0.3, 0.4) is 0 Å². The molecule has 3 aliphatic heterocycles. The fourth-order valence-corrected chi connectivity index (χ4v) is 19.2. The van der Waals surface area contributed by atoms with Gasteiger partial charge in [-0.3, -0.25) is 0 Å². The van der Waals surface area contributed by atoms with Crippen molar-refractivity contribution in [2.24, 2.45) is 11.8 Å². The Morgan fingerprint density at radius 2 is 1.73 bits per heavy atom. The van der Waals surface area contributed by atoms with Gasteiger partial charge in [-0.05, 0) is 0 Å². The molecule has 176 valence electrons. The SMILES string of the molecule is O=C([C@@H]1CCN(Cc2ccccc2)C1)N(CC1CCNCC1)c1ccc([As]2SCCS2)cc1. The number of amides is 1. The Kier molecular flexibility index (Phi) is 8.43. The predicted molar refractivity (Wildman–Crippen MR) is 145 cm³/mol. The molecule has 3 saturated heterocycles. The van der Waals surface area contributed by atoms with Gasteiger partial charge >= 0.3 is 192 Å². The number of benzene rings is 2. The number of hydrogen-bond acceptors (Lipinski definition) is 5. The summed E-state index contributed by atoms with van der Waals surface area (Å²) in [5.74, 6) is 3.62. The van der Waals surface area contributed by atoms with Crippen LogP contribution in [0.4, 0.5) is 5.69 Å². The van der Waals surface area contributed by atoms with Gasteiger partial charge < -0.3 is 0 Å². The zero-order valence-electron chi connectivity index (χ0n) is 19.2. The normalized spacial score (nSPS) is 22.6. The molecule has 0 saturated carbocycles. The van der Waals surface area contributed by atoms with Gasteiger partial charge in [0, 0.05) is 0 Å². The third-order valence-corrected chi connectivity index (χ3v) is 20.6. The molecular formula is C26H34AsN3OS2. The van der Waals surface area contributed by atoms with Gasteiger partial charge in [0.2, 0.25) is 0 Å². The van der Waals surface area contributed by atoms with Gasteiger partial charge in [-0.1, -0.05) is 18.2 Å². The zero-order chi connectivity index (χ0) is 22.5. The van der Waals surface area contributed by atoms with Crippen LogP contribution in [0.2, 0.25) is 0 Å². The van der Waals surface area contributed by atoms with Gasteiger partial charge in [0.15, 0.2) is 0 Å². The Hall–Kier alpha value is -0.912. The minimum atomic E-state index is -0.975. The summed E-state index contributed by atoms with van der Waals surface area (Å²) < 4.78 is 1.53. The first-order valence-electron chi connectivity index (χ1n) is 12.2. The van der Waals surface area contributed by atoms with Crippen molar-refractivity contribution in [1.82, 2.24) is 10.2 Å². The molecule has 3 fully saturated rings. The van der Waals surface area contributed by atoms with E-state index in [0.717, 1.165) is 64.2 Å². The second-order valence-corrected chi connectivity index (χ2v) is 21.0. The molecule has 0 aromatic heterocycles. The van der Waals surface area contributed by atoms with Gasteiger partial charge in [0.1, 0.15) is 0 Å². The second-order valence-electron chi connectivity index (χ2n) is 9.29. The van der Waals surface area contributed by atoms with Crippen molar-refractivity contribution < 1.29 is 4.79 Å². The van der Waals surface area contributed by atoms with Crippen molar-refractivity contribution in [3.8, 4) is 0 Å². The third kappa shape index (κ3) is 6.21.